The number of carbonyl (C=O) groups is 3. The third kappa shape index (κ3) is 28.7. The van der Waals surface area contributed by atoms with E-state index >= 15 is 0 Å². The number of aromatic hydroxyl groups is 5. The molecule has 0 bridgehead atoms. The van der Waals surface area contributed by atoms with Crippen LogP contribution in [0.25, 0.3) is 0 Å². The zero-order valence-corrected chi connectivity index (χ0v) is 58.6. The number of hydrogen-bond donors (Lipinski definition) is 6. The van der Waals surface area contributed by atoms with E-state index in [1.807, 2.05) is 12.1 Å². The van der Waals surface area contributed by atoms with Crippen LogP contribution in [0.4, 0.5) is 0 Å². The van der Waals surface area contributed by atoms with Crippen molar-refractivity contribution in [2.75, 3.05) is 88.8 Å². The number of phenols is 5. The predicted molar refractivity (Wildman–Crippen MR) is 345 cm³/mol. The first kappa shape index (κ1) is 92.2. The van der Waals surface area contributed by atoms with Crippen molar-refractivity contribution < 1.29 is 175 Å². The van der Waals surface area contributed by atoms with Crippen LogP contribution in [0.3, 0.4) is 0 Å². The summed E-state index contributed by atoms with van der Waals surface area (Å²) in [5, 5.41) is 69.2. The van der Waals surface area contributed by atoms with E-state index in [0.717, 1.165) is 34.9 Å². The molecule has 0 fully saturated rings. The van der Waals surface area contributed by atoms with E-state index in [-0.39, 0.29) is 125 Å². The van der Waals surface area contributed by atoms with Crippen LogP contribution in [0.2, 0.25) is 0 Å². The second-order valence-electron chi connectivity index (χ2n) is 16.3. The van der Waals surface area contributed by atoms with Crippen LogP contribution < -0.4 is 110 Å². The SMILES string of the molecule is C.COC(=O)c1cc(O)c(O)c(O)c1.COC(=O)c1cc(O)c(O)c(OC)c1.COC(=O)c1cc(OC)c2c(c1)OCO2.COc1cc(CC#N)cc2c1OCO2.COc1cc(CCl)cc2c1OCO2.COc1cc(CO)cc2c1OCO2.ClCBr.O=S(Cl)Cl.[AlH3].[C-]#N.[H-].[Li+].[Na+]. The van der Waals surface area contributed by atoms with Gasteiger partial charge in [0.05, 0.1) is 97.5 Å². The van der Waals surface area contributed by atoms with Gasteiger partial charge in [0, 0.05) is 27.2 Å². The predicted octanol–water partition coefficient (Wildman–Crippen LogP) is 3.55. The Morgan fingerprint density at radius 1 is 0.526 bits per heavy atom. The maximum atomic E-state index is 11.3. The molecule has 6 aromatic rings. The number of aliphatic hydroxyl groups is 1. The molecule has 0 saturated carbocycles. The molecule has 510 valence electrons. The number of fused-ring (bicyclic) bond motifs is 4. The molecule has 95 heavy (non-hydrogen) atoms. The summed E-state index contributed by atoms with van der Waals surface area (Å²) in [7, 11) is 18.6. The van der Waals surface area contributed by atoms with Gasteiger partial charge in [0.1, 0.15) is 0 Å². The zero-order valence-electron chi connectivity index (χ0n) is 52.1. The van der Waals surface area contributed by atoms with Crippen molar-refractivity contribution in [3.8, 4) is 110 Å². The molecule has 4 aliphatic rings. The second kappa shape index (κ2) is 49.5. The number of rotatable bonds is 11. The molecule has 6 aromatic carbocycles. The summed E-state index contributed by atoms with van der Waals surface area (Å²) in [6.45, 7) is 5.52. The number of ether oxygens (including phenoxy) is 16. The van der Waals surface area contributed by atoms with Gasteiger partial charge in [-0.3, -0.25) is 0 Å². The van der Waals surface area contributed by atoms with Crippen molar-refractivity contribution >= 4 is 105 Å². The summed E-state index contributed by atoms with van der Waals surface area (Å²) < 4.78 is 89.3. The fourth-order valence-corrected chi connectivity index (χ4v) is 7.26. The van der Waals surface area contributed by atoms with Gasteiger partial charge in [0.2, 0.25) is 65.1 Å². The fourth-order valence-electron chi connectivity index (χ4n) is 7.10. The van der Waals surface area contributed by atoms with E-state index in [0.29, 0.717) is 91.6 Å². The molecule has 10 rings (SSSR count). The van der Waals surface area contributed by atoms with Crippen LogP contribution in [0, 0.1) is 23.2 Å². The Bertz CT molecular complexity index is 3410. The molecular formula is C58H66AlBrCl4LiN2NaO26S. The van der Waals surface area contributed by atoms with Crippen molar-refractivity contribution in [3.05, 3.63) is 113 Å². The summed E-state index contributed by atoms with van der Waals surface area (Å²) in [4.78, 5) is 33.8. The van der Waals surface area contributed by atoms with Crippen LogP contribution in [-0.2, 0) is 42.3 Å². The molecular weight excluding hydrogens is 1450 g/mol. The van der Waals surface area contributed by atoms with E-state index in [9.17, 15) is 24.6 Å². The van der Waals surface area contributed by atoms with Crippen molar-refractivity contribution in [3.63, 3.8) is 0 Å². The number of carbonyl (C=O) groups excluding carboxylic acids is 3. The third-order valence-electron chi connectivity index (χ3n) is 11.0. The molecule has 6 N–H and O–H groups in total. The first-order valence-corrected chi connectivity index (χ1v) is 29.7. The summed E-state index contributed by atoms with van der Waals surface area (Å²) in [6.07, 6.45) is 0.340. The van der Waals surface area contributed by atoms with Crippen LogP contribution in [-0.4, -0.2) is 159 Å². The number of benzene rings is 6. The number of hydrogen-bond acceptors (Lipinski definition) is 28. The molecule has 4 heterocycles. The minimum atomic E-state index is -1.67. The van der Waals surface area contributed by atoms with E-state index in [1.165, 1.54) is 41.6 Å². The van der Waals surface area contributed by atoms with Gasteiger partial charge in [-0.2, -0.15) is 5.26 Å². The van der Waals surface area contributed by atoms with Crippen molar-refractivity contribution in [1.82, 2.24) is 0 Å². The minimum absolute atomic E-state index is 0. The average Bonchev–Trinajstić information content (AvgIpc) is 1.67. The van der Waals surface area contributed by atoms with Crippen LogP contribution >= 0.6 is 60.5 Å². The molecule has 0 amide bonds. The smallest absolute Gasteiger partial charge is 1.00 e. The monoisotopic (exact) mass is 1510 g/mol. The normalized spacial score (nSPS) is 10.7. The number of nitrogens with zero attached hydrogens (tertiary/aromatic N) is 2. The Kier molecular flexibility index (Phi) is 48.0. The topological polar surface area (TPSA) is 385 Å². The first-order valence-electron chi connectivity index (χ1n) is 24.7. The zero-order chi connectivity index (χ0) is 68.3. The van der Waals surface area contributed by atoms with E-state index in [1.54, 1.807) is 57.7 Å². The Balaban J connectivity index is -0.000000511. The fraction of sp³-hybridized carbons (Fsp3) is 0.293. The molecule has 0 radical (unpaired) electrons. The van der Waals surface area contributed by atoms with Gasteiger partial charge in [-0.15, -0.1) is 23.2 Å². The van der Waals surface area contributed by atoms with E-state index in [4.69, 9.17) is 127 Å². The maximum absolute atomic E-state index is 11.3. The number of aliphatic hydroxyl groups excluding tert-OH is 1. The molecule has 4 aliphatic heterocycles. The van der Waals surface area contributed by atoms with Gasteiger partial charge < -0.3 is 120 Å². The Morgan fingerprint density at radius 2 is 0.800 bits per heavy atom. The van der Waals surface area contributed by atoms with Crippen LogP contribution in [0.1, 0.15) is 56.6 Å². The van der Waals surface area contributed by atoms with Gasteiger partial charge in [-0.25, -0.2) is 18.6 Å². The van der Waals surface area contributed by atoms with Gasteiger partial charge in [-0.1, -0.05) is 23.4 Å². The number of phenolic OH excluding ortho intramolecular Hbond substituents is 5. The van der Waals surface area contributed by atoms with Gasteiger partial charge in [0.25, 0.3) is 0 Å². The van der Waals surface area contributed by atoms with Crippen molar-refractivity contribution in [1.29, 1.82) is 10.5 Å². The number of nitriles is 1. The largest absolute Gasteiger partial charge is 1.00 e. The molecule has 28 nitrogen and oxygen atoms in total. The van der Waals surface area contributed by atoms with Crippen LogP contribution in [0.5, 0.6) is 103 Å². The number of esters is 3. The number of halogens is 5. The van der Waals surface area contributed by atoms with E-state index in [2.05, 4.69) is 57.6 Å². The maximum Gasteiger partial charge on any atom is 1.00 e. The average molecular weight is 1520 g/mol. The number of methoxy groups -OCH3 is 8. The molecule has 0 atom stereocenters. The Labute approximate surface area is 622 Å². The Hall–Kier alpha value is -7.01. The van der Waals surface area contributed by atoms with Gasteiger partial charge in [0.15, 0.2) is 92.1 Å². The summed E-state index contributed by atoms with van der Waals surface area (Å²) in [6, 6.07) is 20.3. The molecule has 0 unspecified atom stereocenters. The van der Waals surface area contributed by atoms with Crippen molar-refractivity contribution in [2.24, 2.45) is 0 Å². The quantitative estimate of drug-likeness (QED) is 0.0205. The Morgan fingerprint density at radius 3 is 1.13 bits per heavy atom. The third-order valence-corrected chi connectivity index (χ3v) is 11.3. The van der Waals surface area contributed by atoms with Crippen LogP contribution in [0.15, 0.2) is 72.8 Å². The second-order valence-corrected chi connectivity index (χ2v) is 20.6. The van der Waals surface area contributed by atoms with Crippen molar-refractivity contribution in [2.45, 2.75) is 26.3 Å². The van der Waals surface area contributed by atoms with E-state index < -0.39 is 55.9 Å². The number of alkyl halides is 3. The first-order chi connectivity index (χ1) is 43.6. The summed E-state index contributed by atoms with van der Waals surface area (Å²) in [5.41, 5.74) is 3.03. The summed E-state index contributed by atoms with van der Waals surface area (Å²) in [5.74, 6) is 3.31. The van der Waals surface area contributed by atoms with Gasteiger partial charge >= 0.3 is 66.3 Å². The molecule has 0 aromatic heterocycles. The minimum Gasteiger partial charge on any atom is -1.00 e. The summed E-state index contributed by atoms with van der Waals surface area (Å²) >= 11 is 13.5. The molecule has 0 spiro atoms. The molecule has 37 heteroatoms. The molecule has 0 aliphatic carbocycles. The standard InChI is InChI=1S/C10H9NO3.C10H10O5.C9H9ClO3.C9H10O5.C9H10O4.C8H8O5.CH2BrCl.CN.CH4.Al.Cl2OS.Li.Na.4H/c1-12-8-4-7(2-3-11)5-9-10(8)14-6-13-9;1-12-7-3-6(10(11)13-2)4-8-9(7)15-5-14-8;1-11-7-2-6(4-10)3-8-9(7)13-5-12-8;1-13-7-4-5(9(12)14-2)3-6(10)8(7)11;1-11-7-2-6(4-10)3-8-9(7)13-5-12-8;1-13-8(12)4-2-5(9)7(11)6(10)3-4;2-1-3;1-2;;;1-4(2)3;;;;;;/h4-5H,2,6H2,1H3;3-4H,5H2,1-2H3;2-3H,4-5H2,1H3;3-4,10-11H,1-2H3;2-3,10H,4-5H2,1H3;2-3,9-11H,1H3;1H2;;1H4;;;;;;;;/q;;;;;;;-1;;;;2*+1;;;;-1. The van der Waals surface area contributed by atoms with Gasteiger partial charge in [-0.05, 0) is 89.5 Å². The molecule has 0 saturated heterocycles.